The van der Waals surface area contributed by atoms with Gasteiger partial charge in [0.15, 0.2) is 0 Å². The van der Waals surface area contributed by atoms with Crippen LogP contribution in [0.25, 0.3) is 0 Å². The van der Waals surface area contributed by atoms with Crippen molar-refractivity contribution in [3.05, 3.63) is 12.7 Å². The number of ether oxygens (including phenoxy) is 1. The van der Waals surface area contributed by atoms with E-state index in [-0.39, 0.29) is 0 Å². The second kappa shape index (κ2) is 3.61. The molecular weight excluding hydrogens is 148 g/mol. The Kier molecular flexibility index (Phi) is 2.50. The van der Waals surface area contributed by atoms with Gasteiger partial charge in [0.05, 0.1) is 12.2 Å². The van der Waals surface area contributed by atoms with Crippen molar-refractivity contribution in [3.8, 4) is 0 Å². The van der Waals surface area contributed by atoms with Gasteiger partial charge in [0.2, 0.25) is 0 Å². The molecule has 1 saturated heterocycles. The van der Waals surface area contributed by atoms with E-state index < -0.39 is 0 Å². The fourth-order valence-corrected chi connectivity index (χ4v) is 2.30. The van der Waals surface area contributed by atoms with Crippen molar-refractivity contribution in [3.63, 3.8) is 0 Å². The van der Waals surface area contributed by atoms with Crippen molar-refractivity contribution in [1.29, 1.82) is 0 Å². The summed E-state index contributed by atoms with van der Waals surface area (Å²) in [6.45, 7) is 3.74. The molecule has 12 heavy (non-hydrogen) atoms. The topological polar surface area (TPSA) is 12.5 Å². The number of hydrogen-bond acceptors (Lipinski definition) is 1. The Bertz CT molecular complexity index is 164. The molecule has 2 fully saturated rings. The van der Waals surface area contributed by atoms with Gasteiger partial charge in [-0.3, -0.25) is 0 Å². The van der Waals surface area contributed by atoms with E-state index in [1.165, 1.54) is 38.5 Å². The highest BCUT2D eigenvalue weighted by Crippen LogP contribution is 2.40. The van der Waals surface area contributed by atoms with E-state index in [0.29, 0.717) is 12.2 Å². The van der Waals surface area contributed by atoms with E-state index in [1.54, 1.807) is 0 Å². The maximum Gasteiger partial charge on any atom is 0.0844 e. The minimum absolute atomic E-state index is 0.660. The Morgan fingerprint density at radius 1 is 1.33 bits per heavy atom. The number of fused-ring (bicyclic) bond motifs is 1. The van der Waals surface area contributed by atoms with E-state index in [1.807, 2.05) is 6.08 Å². The first-order valence-electron chi connectivity index (χ1n) is 5.16. The van der Waals surface area contributed by atoms with Gasteiger partial charge in [-0.05, 0) is 38.0 Å². The number of hydrogen-bond donors (Lipinski definition) is 0. The van der Waals surface area contributed by atoms with Crippen LogP contribution in [0.15, 0.2) is 12.7 Å². The highest BCUT2D eigenvalue weighted by Gasteiger charge is 2.43. The largest absolute Gasteiger partial charge is 0.370 e. The quantitative estimate of drug-likeness (QED) is 0.355. The lowest BCUT2D eigenvalue weighted by Crippen LogP contribution is -2.13. The first kappa shape index (κ1) is 8.31. The number of epoxide rings is 1. The number of rotatable bonds is 4. The molecule has 2 rings (SSSR count). The van der Waals surface area contributed by atoms with Crippen LogP contribution >= 0.6 is 0 Å². The van der Waals surface area contributed by atoms with Crippen LogP contribution in [0.3, 0.4) is 0 Å². The fourth-order valence-electron chi connectivity index (χ4n) is 2.30. The van der Waals surface area contributed by atoms with Crippen molar-refractivity contribution in [1.82, 2.24) is 0 Å². The molecule has 2 aliphatic rings. The smallest absolute Gasteiger partial charge is 0.0844 e. The molecule has 0 spiro atoms. The van der Waals surface area contributed by atoms with Crippen molar-refractivity contribution in [2.45, 2.75) is 50.7 Å². The zero-order chi connectivity index (χ0) is 8.39. The molecule has 1 nitrogen and oxygen atoms in total. The van der Waals surface area contributed by atoms with Crippen molar-refractivity contribution in [2.75, 3.05) is 0 Å². The van der Waals surface area contributed by atoms with Crippen molar-refractivity contribution < 1.29 is 4.74 Å². The molecule has 0 aromatic carbocycles. The molecule has 1 aliphatic heterocycles. The predicted octanol–water partition coefficient (Wildman–Crippen LogP) is 2.91. The Labute approximate surface area is 74.8 Å². The monoisotopic (exact) mass is 166 g/mol. The lowest BCUT2D eigenvalue weighted by molar-refractivity contribution is 0.347. The van der Waals surface area contributed by atoms with E-state index in [9.17, 15) is 0 Å². The van der Waals surface area contributed by atoms with Gasteiger partial charge in [-0.15, -0.1) is 6.58 Å². The van der Waals surface area contributed by atoms with Gasteiger partial charge in [0.25, 0.3) is 0 Å². The van der Waals surface area contributed by atoms with Gasteiger partial charge >= 0.3 is 0 Å². The first-order valence-corrected chi connectivity index (χ1v) is 5.16. The summed E-state index contributed by atoms with van der Waals surface area (Å²) in [6, 6.07) is 0. The summed E-state index contributed by atoms with van der Waals surface area (Å²) in [6.07, 6.45) is 11.3. The third-order valence-electron chi connectivity index (χ3n) is 3.13. The van der Waals surface area contributed by atoms with E-state index >= 15 is 0 Å². The fraction of sp³-hybridized carbons (Fsp3) is 0.818. The van der Waals surface area contributed by atoms with Gasteiger partial charge in [0.1, 0.15) is 0 Å². The van der Waals surface area contributed by atoms with Crippen LogP contribution in [-0.2, 0) is 4.74 Å². The lowest BCUT2D eigenvalue weighted by Gasteiger charge is -2.17. The molecule has 3 atom stereocenters. The summed E-state index contributed by atoms with van der Waals surface area (Å²) in [5.74, 6) is 0.952. The third kappa shape index (κ3) is 1.89. The second-order valence-electron chi connectivity index (χ2n) is 4.11. The van der Waals surface area contributed by atoms with Crippen molar-refractivity contribution >= 4 is 0 Å². The molecule has 1 aliphatic carbocycles. The molecule has 1 heteroatoms. The van der Waals surface area contributed by atoms with Gasteiger partial charge in [-0.25, -0.2) is 0 Å². The normalized spacial score (nSPS) is 38.8. The van der Waals surface area contributed by atoms with Crippen LogP contribution in [-0.4, -0.2) is 12.2 Å². The molecule has 0 N–H and O–H groups in total. The molecule has 1 heterocycles. The van der Waals surface area contributed by atoms with Crippen LogP contribution < -0.4 is 0 Å². The molecule has 0 radical (unpaired) electrons. The summed E-state index contributed by atoms with van der Waals surface area (Å²) in [5, 5.41) is 0. The van der Waals surface area contributed by atoms with Crippen LogP contribution in [0.1, 0.15) is 38.5 Å². The highest BCUT2D eigenvalue weighted by atomic mass is 16.6. The van der Waals surface area contributed by atoms with Gasteiger partial charge < -0.3 is 4.74 Å². The molecular formula is C11H18O. The Morgan fingerprint density at radius 3 is 3.00 bits per heavy atom. The highest BCUT2D eigenvalue weighted by molar-refractivity contribution is 4.91. The Morgan fingerprint density at radius 2 is 2.25 bits per heavy atom. The van der Waals surface area contributed by atoms with E-state index in [4.69, 9.17) is 4.74 Å². The van der Waals surface area contributed by atoms with Crippen LogP contribution in [0, 0.1) is 5.92 Å². The Hall–Kier alpha value is -0.300. The second-order valence-corrected chi connectivity index (χ2v) is 4.11. The minimum atomic E-state index is 0.660. The van der Waals surface area contributed by atoms with Gasteiger partial charge in [0, 0.05) is 0 Å². The lowest BCUT2D eigenvalue weighted by atomic mass is 9.86. The maximum absolute atomic E-state index is 5.49. The molecule has 0 aromatic rings. The predicted molar refractivity (Wildman–Crippen MR) is 50.1 cm³/mol. The zero-order valence-electron chi connectivity index (χ0n) is 7.67. The first-order chi connectivity index (χ1) is 5.90. The third-order valence-corrected chi connectivity index (χ3v) is 3.13. The summed E-state index contributed by atoms with van der Waals surface area (Å²) >= 11 is 0. The van der Waals surface area contributed by atoms with Crippen LogP contribution in [0.2, 0.25) is 0 Å². The SMILES string of the molecule is C=CCCCC1CCC2OC2C1. The molecule has 0 aromatic heterocycles. The summed E-state index contributed by atoms with van der Waals surface area (Å²) in [7, 11) is 0. The molecule has 0 amide bonds. The minimum Gasteiger partial charge on any atom is -0.370 e. The molecule has 68 valence electrons. The molecule has 3 unspecified atom stereocenters. The number of unbranched alkanes of at least 4 members (excludes halogenated alkanes) is 1. The zero-order valence-corrected chi connectivity index (χ0v) is 7.67. The molecule has 0 bridgehead atoms. The number of allylic oxidation sites excluding steroid dienone is 1. The average Bonchev–Trinajstić information content (AvgIpc) is 2.83. The Balaban J connectivity index is 1.63. The van der Waals surface area contributed by atoms with Crippen LogP contribution in [0.4, 0.5) is 0 Å². The van der Waals surface area contributed by atoms with Crippen LogP contribution in [0.5, 0.6) is 0 Å². The van der Waals surface area contributed by atoms with Gasteiger partial charge in [-0.1, -0.05) is 12.5 Å². The molecule has 1 saturated carbocycles. The van der Waals surface area contributed by atoms with E-state index in [0.717, 1.165) is 5.92 Å². The summed E-state index contributed by atoms with van der Waals surface area (Å²) in [5.41, 5.74) is 0. The standard InChI is InChI=1S/C11H18O/c1-2-3-4-5-9-6-7-10-11(8-9)12-10/h2,9-11H,1,3-8H2. The van der Waals surface area contributed by atoms with Crippen molar-refractivity contribution in [2.24, 2.45) is 5.92 Å². The average molecular weight is 166 g/mol. The van der Waals surface area contributed by atoms with Gasteiger partial charge in [-0.2, -0.15) is 0 Å². The summed E-state index contributed by atoms with van der Waals surface area (Å²) in [4.78, 5) is 0. The van der Waals surface area contributed by atoms with E-state index in [2.05, 4.69) is 6.58 Å². The summed E-state index contributed by atoms with van der Waals surface area (Å²) < 4.78 is 5.49. The maximum atomic E-state index is 5.49.